The maximum atomic E-state index is 12.0. The van der Waals surface area contributed by atoms with Crippen LogP contribution in [0.5, 0.6) is 0 Å². The van der Waals surface area contributed by atoms with Crippen molar-refractivity contribution in [3.8, 4) is 11.3 Å². The third-order valence-electron chi connectivity index (χ3n) is 3.75. The molecule has 10 nitrogen and oxygen atoms in total. The maximum absolute atomic E-state index is 12.0. The number of hydrazone groups is 1. The average molecular weight is 415 g/mol. The number of amides is 1. The molecule has 0 radical (unpaired) electrons. The van der Waals surface area contributed by atoms with Crippen LogP contribution in [0.1, 0.15) is 16.1 Å². The molecule has 29 heavy (non-hydrogen) atoms. The quantitative estimate of drug-likeness (QED) is 0.364. The number of furan rings is 1. The summed E-state index contributed by atoms with van der Waals surface area (Å²) < 4.78 is 5.53. The van der Waals surface area contributed by atoms with E-state index in [2.05, 4.69) is 10.5 Å². The van der Waals surface area contributed by atoms with Crippen molar-refractivity contribution in [2.45, 2.75) is 0 Å². The number of carbonyl (C=O) groups excluding carboxylic acids is 1. The van der Waals surface area contributed by atoms with Crippen LogP contribution in [-0.2, 0) is 0 Å². The number of nitro benzene ring substituents is 2. The predicted molar refractivity (Wildman–Crippen MR) is 104 cm³/mol. The Morgan fingerprint density at radius 3 is 2.31 bits per heavy atom. The Morgan fingerprint density at radius 1 is 1.00 bits per heavy atom. The highest BCUT2D eigenvalue weighted by atomic mass is 35.5. The lowest BCUT2D eigenvalue weighted by atomic mass is 10.1. The first-order chi connectivity index (χ1) is 13.8. The van der Waals surface area contributed by atoms with E-state index in [4.69, 9.17) is 16.0 Å². The second kappa shape index (κ2) is 8.31. The summed E-state index contributed by atoms with van der Waals surface area (Å²) >= 11 is 6.07. The van der Waals surface area contributed by atoms with E-state index in [0.717, 1.165) is 0 Å². The number of carbonyl (C=O) groups is 1. The van der Waals surface area contributed by atoms with Crippen molar-refractivity contribution in [3.63, 3.8) is 0 Å². The van der Waals surface area contributed by atoms with Gasteiger partial charge in [0.2, 0.25) is 0 Å². The minimum Gasteiger partial charge on any atom is -0.455 e. The van der Waals surface area contributed by atoms with E-state index in [-0.39, 0.29) is 27.7 Å². The SMILES string of the molecule is O=C(N/N=C\c1ccc(-c2cc([N+](=O)[O-])ccc2Cl)o1)c1ccc([N+](=O)[O-])cc1. The van der Waals surface area contributed by atoms with Crippen LogP contribution in [0, 0.1) is 20.2 Å². The number of halogens is 1. The fraction of sp³-hybridized carbons (Fsp3) is 0. The van der Waals surface area contributed by atoms with E-state index in [0.29, 0.717) is 11.3 Å². The van der Waals surface area contributed by atoms with Gasteiger partial charge in [0, 0.05) is 35.4 Å². The minimum atomic E-state index is -0.568. The lowest BCUT2D eigenvalue weighted by molar-refractivity contribution is -0.385. The zero-order valence-corrected chi connectivity index (χ0v) is 15.2. The minimum absolute atomic E-state index is 0.132. The highest BCUT2D eigenvalue weighted by molar-refractivity contribution is 6.33. The highest BCUT2D eigenvalue weighted by Gasteiger charge is 2.14. The van der Waals surface area contributed by atoms with E-state index >= 15 is 0 Å². The van der Waals surface area contributed by atoms with E-state index in [1.165, 1.54) is 48.7 Å². The smallest absolute Gasteiger partial charge is 0.271 e. The van der Waals surface area contributed by atoms with Gasteiger partial charge in [0.15, 0.2) is 0 Å². The summed E-state index contributed by atoms with van der Waals surface area (Å²) in [6.07, 6.45) is 1.23. The van der Waals surface area contributed by atoms with Gasteiger partial charge >= 0.3 is 0 Å². The number of nitrogens with zero attached hydrogens (tertiary/aromatic N) is 3. The summed E-state index contributed by atoms with van der Waals surface area (Å²) in [4.78, 5) is 32.4. The van der Waals surface area contributed by atoms with E-state index in [9.17, 15) is 25.0 Å². The molecule has 0 unspecified atom stereocenters. The zero-order valence-electron chi connectivity index (χ0n) is 14.4. The number of benzene rings is 2. The molecule has 146 valence electrons. The summed E-state index contributed by atoms with van der Waals surface area (Å²) in [6.45, 7) is 0. The third-order valence-corrected chi connectivity index (χ3v) is 4.08. The standard InChI is InChI=1S/C18H11ClN4O6/c19-16-7-5-13(23(27)28)9-15(16)17-8-6-14(29-17)10-20-21-18(24)11-1-3-12(4-2-11)22(25)26/h1-10H,(H,21,24)/b20-10-. The largest absolute Gasteiger partial charge is 0.455 e. The summed E-state index contributed by atoms with van der Waals surface area (Å²) in [7, 11) is 0. The van der Waals surface area contributed by atoms with Crippen molar-refractivity contribution in [2.75, 3.05) is 0 Å². The molecular weight excluding hydrogens is 404 g/mol. The Labute approximate surface area is 167 Å². The Kier molecular flexibility index (Phi) is 5.65. The fourth-order valence-corrected chi connectivity index (χ4v) is 2.55. The Morgan fingerprint density at radius 2 is 1.66 bits per heavy atom. The molecule has 0 fully saturated rings. The molecule has 0 spiro atoms. The molecule has 0 aliphatic carbocycles. The first-order valence-electron chi connectivity index (χ1n) is 7.97. The first-order valence-corrected chi connectivity index (χ1v) is 8.35. The van der Waals surface area contributed by atoms with Crippen molar-refractivity contribution < 1.29 is 19.1 Å². The predicted octanol–water partition coefficient (Wildman–Crippen LogP) is 4.18. The molecule has 11 heteroatoms. The molecule has 1 amide bonds. The molecule has 2 aromatic carbocycles. The molecule has 1 heterocycles. The van der Waals surface area contributed by atoms with Crippen LogP contribution in [0.15, 0.2) is 64.1 Å². The van der Waals surface area contributed by atoms with Crippen molar-refractivity contribution in [1.29, 1.82) is 0 Å². The first kappa shape index (κ1) is 19.7. The second-order valence-corrected chi connectivity index (χ2v) is 6.03. The molecular formula is C18H11ClN4O6. The average Bonchev–Trinajstić information content (AvgIpc) is 3.16. The number of hydrogen-bond acceptors (Lipinski definition) is 7. The lowest BCUT2D eigenvalue weighted by Gasteiger charge is -2.00. The van der Waals surface area contributed by atoms with Crippen molar-refractivity contribution in [3.05, 3.63) is 91.2 Å². The van der Waals surface area contributed by atoms with Gasteiger partial charge in [-0.05, 0) is 30.3 Å². The number of rotatable bonds is 6. The van der Waals surface area contributed by atoms with Crippen LogP contribution < -0.4 is 5.43 Å². The van der Waals surface area contributed by atoms with Gasteiger partial charge in [-0.3, -0.25) is 25.0 Å². The number of non-ortho nitro benzene ring substituents is 2. The fourth-order valence-electron chi connectivity index (χ4n) is 2.34. The van der Waals surface area contributed by atoms with Crippen LogP contribution in [0.3, 0.4) is 0 Å². The van der Waals surface area contributed by atoms with Gasteiger partial charge in [0.1, 0.15) is 11.5 Å². The summed E-state index contributed by atoms with van der Waals surface area (Å²) in [5.74, 6) is -0.00178. The molecule has 0 atom stereocenters. The Bertz CT molecular complexity index is 1120. The second-order valence-electron chi connectivity index (χ2n) is 5.63. The van der Waals surface area contributed by atoms with Gasteiger partial charge in [-0.15, -0.1) is 0 Å². The van der Waals surface area contributed by atoms with Crippen LogP contribution in [0.25, 0.3) is 11.3 Å². The third kappa shape index (κ3) is 4.62. The van der Waals surface area contributed by atoms with Gasteiger partial charge < -0.3 is 4.42 Å². The van der Waals surface area contributed by atoms with Gasteiger partial charge in [-0.1, -0.05) is 11.6 Å². The summed E-state index contributed by atoms with van der Waals surface area (Å²) in [6, 6.07) is 12.1. The van der Waals surface area contributed by atoms with E-state index in [1.807, 2.05) is 0 Å². The normalized spacial score (nSPS) is 10.8. The Hall–Kier alpha value is -4.05. The molecule has 0 saturated carbocycles. The van der Waals surface area contributed by atoms with Gasteiger partial charge in [0.05, 0.1) is 21.1 Å². The topological polar surface area (TPSA) is 141 Å². The molecule has 0 aliphatic rings. The van der Waals surface area contributed by atoms with E-state index < -0.39 is 15.8 Å². The lowest BCUT2D eigenvalue weighted by Crippen LogP contribution is -2.17. The van der Waals surface area contributed by atoms with Crippen molar-refractivity contribution >= 4 is 35.1 Å². The van der Waals surface area contributed by atoms with Crippen LogP contribution >= 0.6 is 11.6 Å². The van der Waals surface area contributed by atoms with Crippen LogP contribution in [0.2, 0.25) is 5.02 Å². The van der Waals surface area contributed by atoms with Gasteiger partial charge in [-0.25, -0.2) is 5.43 Å². The van der Waals surface area contributed by atoms with Gasteiger partial charge in [0.25, 0.3) is 17.3 Å². The monoisotopic (exact) mass is 414 g/mol. The van der Waals surface area contributed by atoms with Crippen LogP contribution in [0.4, 0.5) is 11.4 Å². The molecule has 0 saturated heterocycles. The summed E-state index contributed by atoms with van der Waals surface area (Å²) in [5, 5.41) is 25.6. The molecule has 1 N–H and O–H groups in total. The highest BCUT2D eigenvalue weighted by Crippen LogP contribution is 2.32. The van der Waals surface area contributed by atoms with E-state index in [1.54, 1.807) is 12.1 Å². The van der Waals surface area contributed by atoms with Crippen molar-refractivity contribution in [2.24, 2.45) is 5.10 Å². The molecule has 3 rings (SSSR count). The van der Waals surface area contributed by atoms with Crippen molar-refractivity contribution in [1.82, 2.24) is 5.43 Å². The number of nitro groups is 2. The molecule has 3 aromatic rings. The van der Waals surface area contributed by atoms with Crippen LogP contribution in [-0.4, -0.2) is 22.0 Å². The summed E-state index contributed by atoms with van der Waals surface area (Å²) in [5.41, 5.74) is 2.54. The molecule has 0 bridgehead atoms. The van der Waals surface area contributed by atoms with Gasteiger partial charge in [-0.2, -0.15) is 5.10 Å². The molecule has 1 aromatic heterocycles. The maximum Gasteiger partial charge on any atom is 0.271 e. The number of nitrogens with one attached hydrogen (secondary N) is 1. The zero-order chi connectivity index (χ0) is 21.0. The molecule has 0 aliphatic heterocycles. The number of hydrogen-bond donors (Lipinski definition) is 1. The Balaban J connectivity index is 1.69.